The summed E-state index contributed by atoms with van der Waals surface area (Å²) >= 11 is 1.60. The van der Waals surface area contributed by atoms with Crippen molar-refractivity contribution in [3.8, 4) is 0 Å². The Morgan fingerprint density at radius 3 is 2.65 bits per heavy atom. The summed E-state index contributed by atoms with van der Waals surface area (Å²) in [5, 5.41) is 0.676. The Bertz CT molecular complexity index is 409. The molecule has 2 heterocycles. The molecule has 0 unspecified atom stereocenters. The van der Waals surface area contributed by atoms with E-state index in [0.717, 1.165) is 32.2 Å². The molecule has 1 saturated carbocycles. The van der Waals surface area contributed by atoms with Crippen LogP contribution in [-0.4, -0.2) is 35.7 Å². The molecule has 1 saturated heterocycles. The maximum Gasteiger partial charge on any atom is 0.180 e. The molecule has 1 aliphatic heterocycles. The molecule has 2 N–H and O–H groups in total. The van der Waals surface area contributed by atoms with Crippen LogP contribution in [0, 0.1) is 5.92 Å². The summed E-state index contributed by atoms with van der Waals surface area (Å²) in [5.41, 5.74) is 5.67. The van der Waals surface area contributed by atoms with E-state index < -0.39 is 0 Å². The second-order valence-corrected chi connectivity index (χ2v) is 7.27. The predicted molar refractivity (Wildman–Crippen MR) is 82.7 cm³/mol. The first-order valence-electron chi connectivity index (χ1n) is 7.84. The number of hydrogen-bond acceptors (Lipinski definition) is 5. The molecule has 0 bridgehead atoms. The molecule has 112 valence electrons. The third kappa shape index (κ3) is 3.93. The van der Waals surface area contributed by atoms with Gasteiger partial charge in [0.1, 0.15) is 0 Å². The molecule has 1 aliphatic carbocycles. The summed E-state index contributed by atoms with van der Waals surface area (Å²) in [4.78, 5) is 7.88. The van der Waals surface area contributed by atoms with E-state index in [-0.39, 0.29) is 0 Å². The van der Waals surface area contributed by atoms with Crippen LogP contribution in [-0.2, 0) is 11.3 Å². The van der Waals surface area contributed by atoms with Crippen molar-refractivity contribution in [3.05, 3.63) is 11.1 Å². The number of aromatic nitrogens is 1. The Morgan fingerprint density at radius 2 is 2.00 bits per heavy atom. The number of ether oxygens (including phenoxy) is 1. The zero-order valence-electron chi connectivity index (χ0n) is 12.1. The SMILES string of the molecule is Nc1ncc(CN2CCC(OCC3CCCC3)CC2)s1. The monoisotopic (exact) mass is 295 g/mol. The minimum absolute atomic E-state index is 0.485. The van der Waals surface area contributed by atoms with E-state index in [9.17, 15) is 0 Å². The summed E-state index contributed by atoms with van der Waals surface area (Å²) in [6.45, 7) is 4.25. The van der Waals surface area contributed by atoms with Crippen LogP contribution in [0.3, 0.4) is 0 Å². The number of nitrogens with zero attached hydrogens (tertiary/aromatic N) is 2. The highest BCUT2D eigenvalue weighted by Crippen LogP contribution is 2.26. The fraction of sp³-hybridized carbons (Fsp3) is 0.800. The van der Waals surface area contributed by atoms with Gasteiger partial charge >= 0.3 is 0 Å². The molecule has 1 aromatic rings. The second-order valence-electron chi connectivity index (χ2n) is 6.12. The zero-order valence-corrected chi connectivity index (χ0v) is 12.9. The number of nitrogen functional groups attached to an aromatic ring is 1. The summed E-state index contributed by atoms with van der Waals surface area (Å²) in [6, 6.07) is 0. The third-order valence-electron chi connectivity index (χ3n) is 4.53. The first-order valence-corrected chi connectivity index (χ1v) is 8.65. The second kappa shape index (κ2) is 6.87. The lowest BCUT2D eigenvalue weighted by atomic mass is 10.1. The number of rotatable bonds is 5. The lowest BCUT2D eigenvalue weighted by molar-refractivity contribution is -0.00947. The Balaban J connectivity index is 1.36. The summed E-state index contributed by atoms with van der Waals surface area (Å²) < 4.78 is 6.11. The topological polar surface area (TPSA) is 51.4 Å². The van der Waals surface area contributed by atoms with Crippen LogP contribution in [0.2, 0.25) is 0 Å². The van der Waals surface area contributed by atoms with Crippen LogP contribution >= 0.6 is 11.3 Å². The van der Waals surface area contributed by atoms with Crippen molar-refractivity contribution < 1.29 is 4.74 Å². The maximum absolute atomic E-state index is 6.11. The molecule has 2 aliphatic rings. The van der Waals surface area contributed by atoms with Crippen molar-refractivity contribution in [3.63, 3.8) is 0 Å². The summed E-state index contributed by atoms with van der Waals surface area (Å²) in [5.74, 6) is 0.841. The average Bonchev–Trinajstić information content (AvgIpc) is 3.10. The van der Waals surface area contributed by atoms with Crippen molar-refractivity contribution in [2.45, 2.75) is 51.2 Å². The van der Waals surface area contributed by atoms with E-state index >= 15 is 0 Å². The largest absolute Gasteiger partial charge is 0.378 e. The van der Waals surface area contributed by atoms with Gasteiger partial charge < -0.3 is 10.5 Å². The number of hydrogen-bond donors (Lipinski definition) is 1. The molecule has 0 amide bonds. The summed E-state index contributed by atoms with van der Waals surface area (Å²) in [7, 11) is 0. The van der Waals surface area contributed by atoms with Crippen molar-refractivity contribution in [2.24, 2.45) is 5.92 Å². The number of likely N-dealkylation sites (tertiary alicyclic amines) is 1. The molecule has 4 nitrogen and oxygen atoms in total. The highest BCUT2D eigenvalue weighted by Gasteiger charge is 2.22. The fourth-order valence-corrected chi connectivity index (χ4v) is 4.03. The fourth-order valence-electron chi connectivity index (χ4n) is 3.30. The van der Waals surface area contributed by atoms with E-state index in [2.05, 4.69) is 9.88 Å². The Labute approximate surface area is 125 Å². The van der Waals surface area contributed by atoms with Gasteiger partial charge in [0.2, 0.25) is 0 Å². The Morgan fingerprint density at radius 1 is 1.25 bits per heavy atom. The zero-order chi connectivity index (χ0) is 13.8. The van der Waals surface area contributed by atoms with Gasteiger partial charge in [-0.05, 0) is 31.6 Å². The molecule has 1 aromatic heterocycles. The van der Waals surface area contributed by atoms with Gasteiger partial charge in [-0.25, -0.2) is 4.98 Å². The minimum atomic E-state index is 0.485. The molecule has 0 spiro atoms. The van der Waals surface area contributed by atoms with Crippen molar-refractivity contribution in [2.75, 3.05) is 25.4 Å². The molecule has 5 heteroatoms. The predicted octanol–water partition coefficient (Wildman–Crippen LogP) is 2.90. The van der Waals surface area contributed by atoms with Gasteiger partial charge in [0.05, 0.1) is 6.10 Å². The van der Waals surface area contributed by atoms with Gasteiger partial charge in [0.25, 0.3) is 0 Å². The number of anilines is 1. The lowest BCUT2D eigenvalue weighted by Crippen LogP contribution is -2.36. The van der Waals surface area contributed by atoms with Crippen LogP contribution in [0.25, 0.3) is 0 Å². The van der Waals surface area contributed by atoms with Gasteiger partial charge in [0.15, 0.2) is 5.13 Å². The van der Waals surface area contributed by atoms with E-state index in [4.69, 9.17) is 10.5 Å². The van der Waals surface area contributed by atoms with Crippen LogP contribution in [0.1, 0.15) is 43.4 Å². The average molecular weight is 295 g/mol. The number of piperidine rings is 1. The first kappa shape index (κ1) is 14.3. The van der Waals surface area contributed by atoms with Gasteiger partial charge in [0, 0.05) is 37.3 Å². The van der Waals surface area contributed by atoms with E-state index in [1.807, 2.05) is 6.20 Å². The van der Waals surface area contributed by atoms with Crippen molar-refractivity contribution in [1.29, 1.82) is 0 Å². The number of thiazole rings is 1. The minimum Gasteiger partial charge on any atom is -0.378 e. The quantitative estimate of drug-likeness (QED) is 0.907. The van der Waals surface area contributed by atoms with E-state index in [1.165, 1.54) is 43.4 Å². The number of nitrogens with two attached hydrogens (primary N) is 1. The smallest absolute Gasteiger partial charge is 0.180 e. The normalized spacial score (nSPS) is 22.6. The third-order valence-corrected chi connectivity index (χ3v) is 5.34. The highest BCUT2D eigenvalue weighted by atomic mass is 32.1. The highest BCUT2D eigenvalue weighted by molar-refractivity contribution is 7.15. The Kier molecular flexibility index (Phi) is 4.91. The molecule has 0 aromatic carbocycles. The van der Waals surface area contributed by atoms with Crippen LogP contribution in [0.15, 0.2) is 6.20 Å². The van der Waals surface area contributed by atoms with Crippen LogP contribution < -0.4 is 5.73 Å². The van der Waals surface area contributed by atoms with Crippen molar-refractivity contribution in [1.82, 2.24) is 9.88 Å². The Hall–Kier alpha value is -0.650. The van der Waals surface area contributed by atoms with Gasteiger partial charge in [-0.1, -0.05) is 12.8 Å². The molecule has 20 heavy (non-hydrogen) atoms. The first-order chi connectivity index (χ1) is 9.79. The van der Waals surface area contributed by atoms with E-state index in [1.54, 1.807) is 11.3 Å². The van der Waals surface area contributed by atoms with Crippen LogP contribution in [0.5, 0.6) is 0 Å². The standard InChI is InChI=1S/C15H25N3OS/c16-15-17-9-14(20-15)10-18-7-5-13(6-8-18)19-11-12-3-1-2-4-12/h9,12-13H,1-8,10-11H2,(H2,16,17). The molecule has 0 radical (unpaired) electrons. The lowest BCUT2D eigenvalue weighted by Gasteiger charge is -2.32. The molecule has 0 atom stereocenters. The van der Waals surface area contributed by atoms with Crippen LogP contribution in [0.4, 0.5) is 5.13 Å². The van der Waals surface area contributed by atoms with Gasteiger partial charge in [-0.2, -0.15) is 0 Å². The molecule has 2 fully saturated rings. The van der Waals surface area contributed by atoms with Gasteiger partial charge in [-0.3, -0.25) is 4.90 Å². The summed E-state index contributed by atoms with van der Waals surface area (Å²) in [6.07, 6.45) is 10.3. The molecule has 3 rings (SSSR count). The van der Waals surface area contributed by atoms with Gasteiger partial charge in [-0.15, -0.1) is 11.3 Å². The maximum atomic E-state index is 6.11. The molecular formula is C15H25N3OS. The van der Waals surface area contributed by atoms with Crippen molar-refractivity contribution >= 4 is 16.5 Å². The molecular weight excluding hydrogens is 270 g/mol. The van der Waals surface area contributed by atoms with E-state index in [0.29, 0.717) is 11.2 Å².